The van der Waals surface area contributed by atoms with Crippen LogP contribution in [0.2, 0.25) is 0 Å². The third-order valence-electron chi connectivity index (χ3n) is 6.48. The zero-order chi connectivity index (χ0) is 15.3. The van der Waals surface area contributed by atoms with E-state index in [0.29, 0.717) is 5.41 Å². The molecule has 21 heavy (non-hydrogen) atoms. The van der Waals surface area contributed by atoms with Crippen molar-refractivity contribution in [1.29, 1.82) is 21.2 Å². The van der Waals surface area contributed by atoms with Gasteiger partial charge in [-0.05, 0) is 67.1 Å². The van der Waals surface area contributed by atoms with Gasteiger partial charge < -0.3 is 0 Å². The molecule has 3 aliphatic rings. The van der Waals surface area contributed by atoms with E-state index < -0.39 is 5.41 Å². The van der Waals surface area contributed by atoms with Crippen LogP contribution in [0.25, 0.3) is 0 Å². The van der Waals surface area contributed by atoms with E-state index in [9.17, 15) is 10.5 Å². The van der Waals surface area contributed by atoms with E-state index in [1.54, 1.807) is 0 Å². The molecule has 0 radical (unpaired) electrons. The van der Waals surface area contributed by atoms with Gasteiger partial charge in [0.15, 0.2) is 5.41 Å². The summed E-state index contributed by atoms with van der Waals surface area (Å²) in [6.07, 6.45) is 6.52. The number of allylic oxidation sites excluding steroid dienone is 1. The first-order valence-corrected chi connectivity index (χ1v) is 7.55. The molecule has 4 heteroatoms. The second-order valence-corrected chi connectivity index (χ2v) is 7.23. The minimum absolute atomic E-state index is 0.122. The summed E-state index contributed by atoms with van der Waals surface area (Å²) in [5.74, 6) is 2.72. The molecule has 3 aliphatic carbocycles. The molecule has 0 aliphatic heterocycles. The van der Waals surface area contributed by atoms with Crippen LogP contribution in [0.3, 0.4) is 0 Å². The maximum atomic E-state index is 9.54. The minimum Gasteiger partial charge on any atom is -0.258 e. The number of nitrogens with zero attached hydrogens (tertiary/aromatic N) is 3. The molecule has 0 aromatic carbocycles. The highest BCUT2D eigenvalue weighted by Crippen LogP contribution is 2.79. The summed E-state index contributed by atoms with van der Waals surface area (Å²) in [5, 5.41) is 35.5. The Morgan fingerprint density at radius 1 is 1.19 bits per heavy atom. The SMILES string of the molecule is CC1(C2CC2)CC12CCC(C(C#N)(C#N)C(=C=N)C#N)C2. The van der Waals surface area contributed by atoms with Gasteiger partial charge in [0.05, 0.1) is 12.1 Å². The molecule has 0 bridgehead atoms. The largest absolute Gasteiger partial charge is 0.258 e. The Morgan fingerprint density at radius 3 is 2.33 bits per heavy atom. The van der Waals surface area contributed by atoms with Gasteiger partial charge in [0.25, 0.3) is 0 Å². The van der Waals surface area contributed by atoms with Gasteiger partial charge in [-0.15, -0.1) is 0 Å². The molecule has 106 valence electrons. The first-order chi connectivity index (χ1) is 10.0. The van der Waals surface area contributed by atoms with Gasteiger partial charge in [-0.1, -0.05) is 6.92 Å². The predicted molar refractivity (Wildman–Crippen MR) is 75.7 cm³/mol. The minimum atomic E-state index is -1.48. The summed E-state index contributed by atoms with van der Waals surface area (Å²) in [6.45, 7) is 2.35. The highest BCUT2D eigenvalue weighted by molar-refractivity contribution is 5.67. The molecule has 3 fully saturated rings. The van der Waals surface area contributed by atoms with Crippen molar-refractivity contribution in [3.63, 3.8) is 0 Å². The molecule has 3 saturated carbocycles. The fraction of sp³-hybridized carbons (Fsp3) is 0.706. The van der Waals surface area contributed by atoms with Crippen molar-refractivity contribution >= 4 is 5.87 Å². The molecule has 0 saturated heterocycles. The second-order valence-electron chi connectivity index (χ2n) is 7.23. The molecular formula is C17H18N4. The second kappa shape index (κ2) is 4.21. The number of nitrogens with one attached hydrogen (secondary N) is 1. The Hall–Kier alpha value is -2.08. The van der Waals surface area contributed by atoms with Crippen molar-refractivity contribution in [2.24, 2.45) is 28.1 Å². The lowest BCUT2D eigenvalue weighted by molar-refractivity contribution is 0.296. The average Bonchev–Trinajstić information content (AvgIpc) is 3.37. The van der Waals surface area contributed by atoms with E-state index >= 15 is 0 Å². The molecule has 0 aromatic heterocycles. The summed E-state index contributed by atoms with van der Waals surface area (Å²) < 4.78 is 0. The lowest BCUT2D eigenvalue weighted by atomic mass is 9.71. The molecule has 3 rings (SSSR count). The molecule has 0 heterocycles. The van der Waals surface area contributed by atoms with Crippen LogP contribution in [0.15, 0.2) is 5.57 Å². The molecule has 4 nitrogen and oxygen atoms in total. The Balaban J connectivity index is 1.89. The fourth-order valence-corrected chi connectivity index (χ4v) is 4.87. The van der Waals surface area contributed by atoms with E-state index in [0.717, 1.165) is 25.2 Å². The summed E-state index contributed by atoms with van der Waals surface area (Å²) in [6, 6.07) is 5.94. The van der Waals surface area contributed by atoms with Gasteiger partial charge in [-0.25, -0.2) is 0 Å². The van der Waals surface area contributed by atoms with Gasteiger partial charge in [0, 0.05) is 0 Å². The first-order valence-electron chi connectivity index (χ1n) is 7.55. The molecule has 0 aromatic rings. The number of rotatable bonds is 3. The maximum Gasteiger partial charge on any atom is 0.189 e. The summed E-state index contributed by atoms with van der Waals surface area (Å²) in [5.41, 5.74) is -0.934. The monoisotopic (exact) mass is 278 g/mol. The Bertz CT molecular complexity index is 648. The highest BCUT2D eigenvalue weighted by atomic mass is 14.8. The first kappa shape index (κ1) is 13.9. The molecular weight excluding hydrogens is 260 g/mol. The smallest absolute Gasteiger partial charge is 0.189 e. The van der Waals surface area contributed by atoms with Crippen molar-refractivity contribution in [1.82, 2.24) is 0 Å². The predicted octanol–water partition coefficient (Wildman–Crippen LogP) is 3.32. The molecule has 1 spiro atoms. The van der Waals surface area contributed by atoms with E-state index in [-0.39, 0.29) is 16.9 Å². The Kier molecular flexibility index (Phi) is 2.78. The zero-order valence-corrected chi connectivity index (χ0v) is 12.2. The van der Waals surface area contributed by atoms with Crippen molar-refractivity contribution in [3.05, 3.63) is 5.57 Å². The van der Waals surface area contributed by atoms with Crippen LogP contribution < -0.4 is 0 Å². The molecule has 0 amide bonds. The van der Waals surface area contributed by atoms with Gasteiger partial charge in [0.2, 0.25) is 0 Å². The van der Waals surface area contributed by atoms with Gasteiger partial charge in [-0.3, -0.25) is 5.41 Å². The number of nitriles is 3. The van der Waals surface area contributed by atoms with Gasteiger partial charge in [0.1, 0.15) is 11.6 Å². The lowest BCUT2D eigenvalue weighted by Gasteiger charge is -2.24. The van der Waals surface area contributed by atoms with Crippen LogP contribution in [0.4, 0.5) is 0 Å². The van der Waals surface area contributed by atoms with E-state index in [4.69, 9.17) is 10.7 Å². The zero-order valence-electron chi connectivity index (χ0n) is 12.2. The van der Waals surface area contributed by atoms with Crippen LogP contribution in [-0.4, -0.2) is 5.87 Å². The maximum absolute atomic E-state index is 9.54. The third kappa shape index (κ3) is 1.62. The quantitative estimate of drug-likeness (QED) is 0.633. The molecule has 1 N–H and O–H groups in total. The Labute approximate surface area is 125 Å². The van der Waals surface area contributed by atoms with Crippen molar-refractivity contribution in [2.45, 2.75) is 45.4 Å². The van der Waals surface area contributed by atoms with Gasteiger partial charge >= 0.3 is 0 Å². The summed E-state index contributed by atoms with van der Waals surface area (Å²) in [7, 11) is 0. The average molecular weight is 278 g/mol. The van der Waals surface area contributed by atoms with Crippen LogP contribution in [0.1, 0.15) is 45.4 Å². The van der Waals surface area contributed by atoms with Crippen molar-refractivity contribution in [2.75, 3.05) is 0 Å². The van der Waals surface area contributed by atoms with Crippen LogP contribution in [0.5, 0.6) is 0 Å². The van der Waals surface area contributed by atoms with Crippen LogP contribution in [-0.2, 0) is 0 Å². The Morgan fingerprint density at radius 2 is 1.86 bits per heavy atom. The summed E-state index contributed by atoms with van der Waals surface area (Å²) >= 11 is 0. The number of hydrogen-bond acceptors (Lipinski definition) is 4. The van der Waals surface area contributed by atoms with Gasteiger partial charge in [-0.2, -0.15) is 15.8 Å². The molecule has 3 unspecified atom stereocenters. The fourth-order valence-electron chi connectivity index (χ4n) is 4.87. The highest BCUT2D eigenvalue weighted by Gasteiger charge is 2.72. The van der Waals surface area contributed by atoms with E-state index in [1.165, 1.54) is 19.3 Å². The lowest BCUT2D eigenvalue weighted by Crippen LogP contribution is -2.29. The normalized spacial score (nSPS) is 37.1. The van der Waals surface area contributed by atoms with Crippen molar-refractivity contribution in [3.8, 4) is 18.2 Å². The summed E-state index contributed by atoms with van der Waals surface area (Å²) in [4.78, 5) is 0. The molecule has 3 atom stereocenters. The topological polar surface area (TPSA) is 95.2 Å². The third-order valence-corrected chi connectivity index (χ3v) is 6.48. The van der Waals surface area contributed by atoms with E-state index in [2.05, 4.69) is 6.92 Å². The standard InChI is InChI=1S/C17H18N4/c1-15(12-2-3-12)9-16(15)5-4-13(6-16)17(10-20,11-21)14(7-18)8-19/h12-13,18H,2-6,9H2,1H3. The number of hydrogen-bond donors (Lipinski definition) is 1. The van der Waals surface area contributed by atoms with Crippen LogP contribution >= 0.6 is 0 Å². The van der Waals surface area contributed by atoms with Crippen molar-refractivity contribution < 1.29 is 0 Å². The van der Waals surface area contributed by atoms with E-state index in [1.807, 2.05) is 24.1 Å². The van der Waals surface area contributed by atoms with Crippen LogP contribution in [0, 0.1) is 67.5 Å².